The highest BCUT2D eigenvalue weighted by Gasteiger charge is 2.40. The van der Waals surface area contributed by atoms with Gasteiger partial charge in [0.05, 0.1) is 6.61 Å². The Morgan fingerprint density at radius 1 is 1.15 bits per heavy atom. The summed E-state index contributed by atoms with van der Waals surface area (Å²) < 4.78 is 5.26. The third-order valence-electron chi connectivity index (χ3n) is 3.90. The molecular formula is C16H28O4. The van der Waals surface area contributed by atoms with E-state index in [1.165, 1.54) is 44.3 Å². The summed E-state index contributed by atoms with van der Waals surface area (Å²) in [5, 5.41) is 18.9. The standard InChI is InChI=1S/C16H28O4/c1-2-3-4-5-6-7-8-9-12-16(13-17)14(18)10-11-15(19)20-16/h10-11,15,17,19H,2-9,12-13H2,1H3. The Bertz CT molecular complexity index is 314. The molecule has 1 aliphatic heterocycles. The average Bonchev–Trinajstić information content (AvgIpc) is 2.45. The molecule has 0 aromatic rings. The SMILES string of the molecule is CCCCCCCCCCC1(CO)OC(O)C=CC1=O. The van der Waals surface area contributed by atoms with Crippen LogP contribution in [0.25, 0.3) is 0 Å². The van der Waals surface area contributed by atoms with E-state index in [-0.39, 0.29) is 12.4 Å². The molecule has 0 saturated heterocycles. The van der Waals surface area contributed by atoms with E-state index in [0.29, 0.717) is 6.42 Å². The van der Waals surface area contributed by atoms with Gasteiger partial charge in [-0.15, -0.1) is 0 Å². The molecule has 2 atom stereocenters. The maximum atomic E-state index is 11.8. The number of hydrogen-bond donors (Lipinski definition) is 2. The van der Waals surface area contributed by atoms with Crippen LogP contribution in [0.2, 0.25) is 0 Å². The number of hydrogen-bond acceptors (Lipinski definition) is 4. The van der Waals surface area contributed by atoms with E-state index in [0.717, 1.165) is 19.3 Å². The highest BCUT2D eigenvalue weighted by atomic mass is 16.6. The highest BCUT2D eigenvalue weighted by Crippen LogP contribution is 2.26. The molecule has 2 unspecified atom stereocenters. The Morgan fingerprint density at radius 3 is 2.35 bits per heavy atom. The summed E-state index contributed by atoms with van der Waals surface area (Å²) in [5.41, 5.74) is -1.23. The number of aliphatic hydroxyl groups excluding tert-OH is 2. The van der Waals surface area contributed by atoms with E-state index in [2.05, 4.69) is 6.92 Å². The topological polar surface area (TPSA) is 66.8 Å². The van der Waals surface area contributed by atoms with E-state index < -0.39 is 11.9 Å². The zero-order chi connectivity index (χ0) is 14.8. The Kier molecular flexibility index (Phi) is 8.04. The van der Waals surface area contributed by atoms with Crippen molar-refractivity contribution in [1.82, 2.24) is 0 Å². The summed E-state index contributed by atoms with van der Waals surface area (Å²) in [7, 11) is 0. The minimum absolute atomic E-state index is 0.242. The first-order valence-corrected chi connectivity index (χ1v) is 7.84. The third-order valence-corrected chi connectivity index (χ3v) is 3.90. The van der Waals surface area contributed by atoms with Crippen LogP contribution in [0.3, 0.4) is 0 Å². The van der Waals surface area contributed by atoms with E-state index in [9.17, 15) is 15.0 Å². The molecule has 2 N–H and O–H groups in total. The van der Waals surface area contributed by atoms with Gasteiger partial charge in [0.15, 0.2) is 17.7 Å². The molecule has 20 heavy (non-hydrogen) atoms. The fourth-order valence-corrected chi connectivity index (χ4v) is 2.57. The van der Waals surface area contributed by atoms with Gasteiger partial charge in [0.1, 0.15) is 0 Å². The van der Waals surface area contributed by atoms with Crippen molar-refractivity contribution in [3.63, 3.8) is 0 Å². The van der Waals surface area contributed by atoms with Crippen LogP contribution in [0.15, 0.2) is 12.2 Å². The van der Waals surface area contributed by atoms with Crippen molar-refractivity contribution in [2.24, 2.45) is 0 Å². The second-order valence-electron chi connectivity index (χ2n) is 5.61. The van der Waals surface area contributed by atoms with Crippen LogP contribution in [-0.2, 0) is 9.53 Å². The van der Waals surface area contributed by atoms with Crippen LogP contribution in [-0.4, -0.2) is 34.5 Å². The van der Waals surface area contributed by atoms with Crippen molar-refractivity contribution in [2.45, 2.75) is 76.6 Å². The number of ketones is 1. The monoisotopic (exact) mass is 284 g/mol. The van der Waals surface area contributed by atoms with E-state index in [4.69, 9.17) is 4.74 Å². The molecule has 116 valence electrons. The van der Waals surface area contributed by atoms with Gasteiger partial charge in [0.25, 0.3) is 0 Å². The summed E-state index contributed by atoms with van der Waals surface area (Å²) in [6.45, 7) is 1.84. The third kappa shape index (κ3) is 5.35. The quantitative estimate of drug-likeness (QED) is 0.605. The molecule has 1 rings (SSSR count). The number of aliphatic hydroxyl groups is 2. The van der Waals surface area contributed by atoms with Gasteiger partial charge in [-0.05, 0) is 18.6 Å². The smallest absolute Gasteiger partial charge is 0.189 e. The van der Waals surface area contributed by atoms with Gasteiger partial charge in [-0.3, -0.25) is 4.79 Å². The van der Waals surface area contributed by atoms with Crippen molar-refractivity contribution < 1.29 is 19.7 Å². The van der Waals surface area contributed by atoms with Gasteiger partial charge < -0.3 is 14.9 Å². The minimum atomic E-state index is -1.23. The maximum Gasteiger partial charge on any atom is 0.189 e. The number of carbonyl (C=O) groups excluding carboxylic acids is 1. The first kappa shape index (κ1) is 17.3. The summed E-state index contributed by atoms with van der Waals surface area (Å²) in [5.74, 6) is -0.242. The van der Waals surface area contributed by atoms with Crippen molar-refractivity contribution in [1.29, 1.82) is 0 Å². The molecule has 0 aromatic carbocycles. The van der Waals surface area contributed by atoms with Gasteiger partial charge in [-0.1, -0.05) is 58.3 Å². The molecule has 0 spiro atoms. The van der Waals surface area contributed by atoms with E-state index in [1.807, 2.05) is 0 Å². The number of carbonyl (C=O) groups is 1. The average molecular weight is 284 g/mol. The lowest BCUT2D eigenvalue weighted by atomic mass is 9.90. The van der Waals surface area contributed by atoms with Crippen molar-refractivity contribution >= 4 is 5.78 Å². The predicted octanol–water partition coefficient (Wildman–Crippen LogP) is 2.72. The van der Waals surface area contributed by atoms with Crippen molar-refractivity contribution in [2.75, 3.05) is 6.61 Å². The first-order valence-electron chi connectivity index (χ1n) is 7.84. The molecule has 1 aliphatic rings. The molecule has 0 radical (unpaired) electrons. The van der Waals surface area contributed by atoms with Crippen LogP contribution in [0.5, 0.6) is 0 Å². The normalized spacial score (nSPS) is 26.1. The fourth-order valence-electron chi connectivity index (χ4n) is 2.57. The Labute approximate surface area is 121 Å². The zero-order valence-electron chi connectivity index (χ0n) is 12.5. The lowest BCUT2D eigenvalue weighted by Crippen LogP contribution is -2.49. The van der Waals surface area contributed by atoms with Gasteiger partial charge in [-0.2, -0.15) is 0 Å². The number of ether oxygens (including phenoxy) is 1. The second kappa shape index (κ2) is 9.27. The van der Waals surface area contributed by atoms with Crippen LogP contribution >= 0.6 is 0 Å². The first-order chi connectivity index (χ1) is 9.64. The number of unbranched alkanes of at least 4 members (excludes halogenated alkanes) is 7. The summed E-state index contributed by atoms with van der Waals surface area (Å²) in [6, 6.07) is 0. The second-order valence-corrected chi connectivity index (χ2v) is 5.61. The van der Waals surface area contributed by atoms with Crippen molar-refractivity contribution in [3.05, 3.63) is 12.2 Å². The fraction of sp³-hybridized carbons (Fsp3) is 0.812. The lowest BCUT2D eigenvalue weighted by Gasteiger charge is -2.33. The Hall–Kier alpha value is -0.710. The molecule has 4 nitrogen and oxygen atoms in total. The van der Waals surface area contributed by atoms with Crippen LogP contribution in [0, 0.1) is 0 Å². The van der Waals surface area contributed by atoms with E-state index in [1.54, 1.807) is 0 Å². The molecule has 0 aromatic heterocycles. The molecule has 0 fully saturated rings. The maximum absolute atomic E-state index is 11.8. The van der Waals surface area contributed by atoms with Crippen molar-refractivity contribution in [3.8, 4) is 0 Å². The van der Waals surface area contributed by atoms with Crippen LogP contribution in [0.1, 0.15) is 64.7 Å². The van der Waals surface area contributed by atoms with Crippen LogP contribution in [0.4, 0.5) is 0 Å². The Morgan fingerprint density at radius 2 is 1.75 bits per heavy atom. The van der Waals surface area contributed by atoms with E-state index >= 15 is 0 Å². The Balaban J connectivity index is 2.22. The molecular weight excluding hydrogens is 256 g/mol. The molecule has 4 heteroatoms. The molecule has 1 heterocycles. The van der Waals surface area contributed by atoms with Gasteiger partial charge in [0.2, 0.25) is 0 Å². The molecule has 0 aliphatic carbocycles. The van der Waals surface area contributed by atoms with Crippen LogP contribution < -0.4 is 0 Å². The molecule has 0 saturated carbocycles. The largest absolute Gasteiger partial charge is 0.393 e. The minimum Gasteiger partial charge on any atom is -0.393 e. The summed E-state index contributed by atoms with van der Waals surface area (Å²) in [6.07, 6.45) is 11.4. The molecule has 0 amide bonds. The van der Waals surface area contributed by atoms with Gasteiger partial charge in [0, 0.05) is 0 Å². The van der Waals surface area contributed by atoms with Gasteiger partial charge >= 0.3 is 0 Å². The zero-order valence-corrected chi connectivity index (χ0v) is 12.5. The molecule has 0 bridgehead atoms. The lowest BCUT2D eigenvalue weighted by molar-refractivity contribution is -0.190. The summed E-state index contributed by atoms with van der Waals surface area (Å²) >= 11 is 0. The highest BCUT2D eigenvalue weighted by molar-refractivity contribution is 5.97. The summed E-state index contributed by atoms with van der Waals surface area (Å²) in [4.78, 5) is 11.8. The predicted molar refractivity (Wildman–Crippen MR) is 78.3 cm³/mol. The number of rotatable bonds is 10. The van der Waals surface area contributed by atoms with Gasteiger partial charge in [-0.25, -0.2) is 0 Å².